The van der Waals surface area contributed by atoms with Crippen molar-refractivity contribution in [2.24, 2.45) is 0 Å². The summed E-state index contributed by atoms with van der Waals surface area (Å²) in [6.45, 7) is 3.03. The Labute approximate surface area is 118 Å². The van der Waals surface area contributed by atoms with Gasteiger partial charge in [-0.1, -0.05) is 6.92 Å². The van der Waals surface area contributed by atoms with Gasteiger partial charge in [0.1, 0.15) is 6.04 Å². The molecule has 0 bridgehead atoms. The summed E-state index contributed by atoms with van der Waals surface area (Å²) < 4.78 is 36.7. The standard InChI is InChI=1S/C11H17F3N2O3S/c1-3-8-16(7(5-20-8)9(17)18)10(19)15-6(2)4-11(12,13)14/h6-8H,3-5H2,1-2H3,(H,15,19)(H,17,18). The molecule has 9 heteroatoms. The van der Waals surface area contributed by atoms with Gasteiger partial charge >= 0.3 is 18.2 Å². The monoisotopic (exact) mass is 314 g/mol. The number of carboxylic acid groups (broad SMARTS) is 1. The van der Waals surface area contributed by atoms with E-state index in [1.165, 1.54) is 18.7 Å². The Balaban J connectivity index is 2.70. The highest BCUT2D eigenvalue weighted by Gasteiger charge is 2.41. The fourth-order valence-electron chi connectivity index (χ4n) is 2.02. The molecule has 0 aromatic rings. The summed E-state index contributed by atoms with van der Waals surface area (Å²) in [4.78, 5) is 24.2. The largest absolute Gasteiger partial charge is 0.480 e. The van der Waals surface area contributed by atoms with Crippen molar-refractivity contribution in [1.82, 2.24) is 10.2 Å². The van der Waals surface area contributed by atoms with Gasteiger partial charge in [-0.2, -0.15) is 13.2 Å². The van der Waals surface area contributed by atoms with Crippen LogP contribution in [0.15, 0.2) is 0 Å². The number of hydrogen-bond acceptors (Lipinski definition) is 3. The van der Waals surface area contributed by atoms with Crippen LogP contribution in [0, 0.1) is 0 Å². The maximum absolute atomic E-state index is 12.2. The van der Waals surface area contributed by atoms with Crippen LogP contribution >= 0.6 is 11.8 Å². The van der Waals surface area contributed by atoms with E-state index in [0.29, 0.717) is 6.42 Å². The maximum atomic E-state index is 12.2. The molecule has 0 saturated carbocycles. The Morgan fingerprint density at radius 2 is 2.10 bits per heavy atom. The summed E-state index contributed by atoms with van der Waals surface area (Å²) in [6, 6.07) is -2.85. The number of urea groups is 1. The van der Waals surface area contributed by atoms with Crippen molar-refractivity contribution in [3.8, 4) is 0 Å². The zero-order chi connectivity index (χ0) is 15.5. The number of halogens is 3. The first-order valence-corrected chi connectivity index (χ1v) is 7.20. The molecule has 2 N–H and O–H groups in total. The van der Waals surface area contributed by atoms with E-state index < -0.39 is 36.7 Å². The van der Waals surface area contributed by atoms with Crippen LogP contribution in [-0.2, 0) is 4.79 Å². The lowest BCUT2D eigenvalue weighted by Crippen LogP contribution is -2.52. The third-order valence-corrected chi connectivity index (χ3v) is 4.32. The van der Waals surface area contributed by atoms with Crippen molar-refractivity contribution >= 4 is 23.8 Å². The van der Waals surface area contributed by atoms with Crippen LogP contribution < -0.4 is 5.32 Å². The lowest BCUT2D eigenvalue weighted by Gasteiger charge is -2.28. The predicted octanol–water partition coefficient (Wildman–Crippen LogP) is 2.28. The summed E-state index contributed by atoms with van der Waals surface area (Å²) in [7, 11) is 0. The molecule has 0 spiro atoms. The minimum Gasteiger partial charge on any atom is -0.480 e. The fraction of sp³-hybridized carbons (Fsp3) is 0.818. The van der Waals surface area contributed by atoms with Crippen LogP contribution in [0.4, 0.5) is 18.0 Å². The number of nitrogens with one attached hydrogen (secondary N) is 1. The van der Waals surface area contributed by atoms with Gasteiger partial charge in [0.15, 0.2) is 0 Å². The summed E-state index contributed by atoms with van der Waals surface area (Å²) in [5.41, 5.74) is 0. The summed E-state index contributed by atoms with van der Waals surface area (Å²) >= 11 is 1.32. The van der Waals surface area contributed by atoms with Crippen molar-refractivity contribution in [2.75, 3.05) is 5.75 Å². The first-order valence-electron chi connectivity index (χ1n) is 6.15. The number of rotatable bonds is 4. The lowest BCUT2D eigenvalue weighted by atomic mass is 10.2. The third-order valence-electron chi connectivity index (χ3n) is 2.87. The van der Waals surface area contributed by atoms with Gasteiger partial charge in [-0.05, 0) is 13.3 Å². The van der Waals surface area contributed by atoms with E-state index in [9.17, 15) is 22.8 Å². The Morgan fingerprint density at radius 1 is 1.50 bits per heavy atom. The van der Waals surface area contributed by atoms with E-state index in [1.54, 1.807) is 6.92 Å². The molecule has 0 aromatic carbocycles. The van der Waals surface area contributed by atoms with Crippen LogP contribution in [0.3, 0.4) is 0 Å². The van der Waals surface area contributed by atoms with Gasteiger partial charge in [-0.25, -0.2) is 9.59 Å². The molecule has 1 rings (SSSR count). The molecule has 3 unspecified atom stereocenters. The Morgan fingerprint density at radius 3 is 2.55 bits per heavy atom. The van der Waals surface area contributed by atoms with Gasteiger partial charge in [-0.3, -0.25) is 4.90 Å². The quantitative estimate of drug-likeness (QED) is 0.835. The lowest BCUT2D eigenvalue weighted by molar-refractivity contribution is -0.142. The van der Waals surface area contributed by atoms with Crippen LogP contribution in [0.2, 0.25) is 0 Å². The third kappa shape index (κ3) is 4.46. The maximum Gasteiger partial charge on any atom is 0.391 e. The van der Waals surface area contributed by atoms with E-state index >= 15 is 0 Å². The highest BCUT2D eigenvalue weighted by molar-refractivity contribution is 8.00. The van der Waals surface area contributed by atoms with Gasteiger partial charge in [-0.15, -0.1) is 11.8 Å². The van der Waals surface area contributed by atoms with Crippen LogP contribution in [0.25, 0.3) is 0 Å². The predicted molar refractivity (Wildman–Crippen MR) is 68.5 cm³/mol. The summed E-state index contributed by atoms with van der Waals surface area (Å²) in [5.74, 6) is -0.901. The second kappa shape index (κ2) is 6.55. The van der Waals surface area contributed by atoms with Gasteiger partial charge in [0.2, 0.25) is 0 Å². The first-order chi connectivity index (χ1) is 9.15. The number of alkyl halides is 3. The van der Waals surface area contributed by atoms with E-state index in [2.05, 4.69) is 5.32 Å². The Bertz CT molecular complexity index is 378. The molecule has 1 saturated heterocycles. The molecule has 1 heterocycles. The number of amides is 2. The van der Waals surface area contributed by atoms with Gasteiger partial charge in [0.05, 0.1) is 11.8 Å². The van der Waals surface area contributed by atoms with Crippen molar-refractivity contribution in [3.05, 3.63) is 0 Å². The van der Waals surface area contributed by atoms with E-state index in [-0.39, 0.29) is 11.1 Å². The van der Waals surface area contributed by atoms with Crippen molar-refractivity contribution in [1.29, 1.82) is 0 Å². The number of carbonyl (C=O) groups excluding carboxylic acids is 1. The molecule has 2 amide bonds. The van der Waals surface area contributed by atoms with E-state index in [0.717, 1.165) is 4.90 Å². The van der Waals surface area contributed by atoms with Crippen LogP contribution in [0.1, 0.15) is 26.7 Å². The Hall–Kier alpha value is -1.12. The van der Waals surface area contributed by atoms with E-state index in [4.69, 9.17) is 5.11 Å². The number of thioether (sulfide) groups is 1. The molecule has 0 aromatic heterocycles. The van der Waals surface area contributed by atoms with Crippen molar-refractivity contribution < 1.29 is 27.9 Å². The molecule has 0 aliphatic carbocycles. The SMILES string of the molecule is CCC1SCC(C(=O)O)N1C(=O)NC(C)CC(F)(F)F. The van der Waals surface area contributed by atoms with Crippen LogP contribution in [0.5, 0.6) is 0 Å². The van der Waals surface area contributed by atoms with Gasteiger partial charge < -0.3 is 10.4 Å². The minimum absolute atomic E-state index is 0.245. The second-order valence-corrected chi connectivity index (χ2v) is 5.84. The molecule has 116 valence electrons. The molecule has 5 nitrogen and oxygen atoms in total. The zero-order valence-corrected chi connectivity index (χ0v) is 11.9. The molecule has 1 aliphatic rings. The van der Waals surface area contributed by atoms with Gasteiger partial charge in [0, 0.05) is 11.8 Å². The molecule has 0 radical (unpaired) electrons. The van der Waals surface area contributed by atoms with Crippen LogP contribution in [-0.4, -0.2) is 51.4 Å². The molecule has 20 heavy (non-hydrogen) atoms. The topological polar surface area (TPSA) is 69.6 Å². The Kier molecular flexibility index (Phi) is 5.55. The van der Waals surface area contributed by atoms with Gasteiger partial charge in [0.25, 0.3) is 0 Å². The normalized spacial score (nSPS) is 24.6. The van der Waals surface area contributed by atoms with Crippen molar-refractivity contribution in [3.63, 3.8) is 0 Å². The average Bonchev–Trinajstić information content (AvgIpc) is 2.69. The number of hydrogen-bond donors (Lipinski definition) is 2. The van der Waals surface area contributed by atoms with Crippen molar-refractivity contribution in [2.45, 2.75) is 50.3 Å². The number of nitrogens with zero attached hydrogens (tertiary/aromatic N) is 1. The minimum atomic E-state index is -4.37. The fourth-order valence-corrected chi connectivity index (χ4v) is 3.37. The number of aliphatic carboxylic acids is 1. The first kappa shape index (κ1) is 16.9. The number of carboxylic acids is 1. The highest BCUT2D eigenvalue weighted by atomic mass is 32.2. The molecule has 1 aliphatic heterocycles. The smallest absolute Gasteiger partial charge is 0.391 e. The molecule has 1 fully saturated rings. The molecule has 3 atom stereocenters. The summed E-state index contributed by atoms with van der Waals surface area (Å²) in [5, 5.41) is 10.9. The molecular formula is C11H17F3N2O3S. The average molecular weight is 314 g/mol. The van der Waals surface area contributed by atoms with E-state index in [1.807, 2.05) is 0 Å². The highest BCUT2D eigenvalue weighted by Crippen LogP contribution is 2.31. The molecular weight excluding hydrogens is 297 g/mol. The number of carbonyl (C=O) groups is 2. The zero-order valence-electron chi connectivity index (χ0n) is 11.1. The summed E-state index contributed by atoms with van der Waals surface area (Å²) in [6.07, 6.45) is -4.98. The second-order valence-electron chi connectivity index (χ2n) is 4.63.